The van der Waals surface area contributed by atoms with Crippen LogP contribution >= 0.6 is 0 Å². The number of esters is 1. The van der Waals surface area contributed by atoms with Crippen LogP contribution in [0, 0.1) is 0 Å². The number of carbonyl (C=O) groups excluding carboxylic acids is 2. The smallest absolute Gasteiger partial charge is 0.416 e. The van der Waals surface area contributed by atoms with Crippen molar-refractivity contribution in [3.63, 3.8) is 0 Å². The molecule has 0 radical (unpaired) electrons. The van der Waals surface area contributed by atoms with E-state index in [9.17, 15) is 35.9 Å². The van der Waals surface area contributed by atoms with Crippen LogP contribution in [-0.4, -0.2) is 39.2 Å². The summed E-state index contributed by atoms with van der Waals surface area (Å²) in [4.78, 5) is 23.8. The second-order valence-corrected chi connectivity index (χ2v) is 6.66. The fourth-order valence-corrected chi connectivity index (χ4v) is 2.72. The summed E-state index contributed by atoms with van der Waals surface area (Å²) in [6.45, 7) is -0.768. The van der Waals surface area contributed by atoms with Gasteiger partial charge in [-0.1, -0.05) is 6.07 Å². The number of alkyl halides is 6. The Balaban J connectivity index is 1.96. The lowest BCUT2D eigenvalue weighted by atomic mass is 10.0. The second-order valence-electron chi connectivity index (χ2n) is 6.66. The number of benzene rings is 2. The molecule has 1 N–H and O–H groups in total. The number of halogens is 6. The van der Waals surface area contributed by atoms with Gasteiger partial charge in [-0.15, -0.1) is 0 Å². The summed E-state index contributed by atoms with van der Waals surface area (Å²) < 4.78 is 92.1. The van der Waals surface area contributed by atoms with Crippen molar-refractivity contribution in [1.29, 1.82) is 0 Å². The van der Waals surface area contributed by atoms with Crippen molar-refractivity contribution in [3.8, 4) is 11.5 Å². The third-order valence-corrected chi connectivity index (χ3v) is 4.34. The minimum absolute atomic E-state index is 0.113. The molecule has 0 unspecified atom stereocenters. The first kappa shape index (κ1) is 25.8. The van der Waals surface area contributed by atoms with E-state index in [4.69, 9.17) is 9.47 Å². The summed E-state index contributed by atoms with van der Waals surface area (Å²) >= 11 is 0. The lowest BCUT2D eigenvalue weighted by molar-refractivity contribution is -0.143. The van der Waals surface area contributed by atoms with Crippen molar-refractivity contribution in [2.75, 3.05) is 27.4 Å². The highest BCUT2D eigenvalue weighted by molar-refractivity contribution is 5.91. The molecule has 180 valence electrons. The van der Waals surface area contributed by atoms with Gasteiger partial charge in [0.1, 0.15) is 0 Å². The topological polar surface area (TPSA) is 73.9 Å². The van der Waals surface area contributed by atoms with Crippen LogP contribution in [0.3, 0.4) is 0 Å². The van der Waals surface area contributed by atoms with Gasteiger partial charge in [-0.3, -0.25) is 4.79 Å². The number of rotatable bonds is 8. The number of carbonyl (C=O) groups is 2. The minimum atomic E-state index is -5.11. The highest BCUT2D eigenvalue weighted by Gasteiger charge is 2.37. The van der Waals surface area contributed by atoms with Crippen molar-refractivity contribution in [1.82, 2.24) is 5.32 Å². The molecule has 33 heavy (non-hydrogen) atoms. The predicted molar refractivity (Wildman–Crippen MR) is 103 cm³/mol. The third kappa shape index (κ3) is 7.29. The van der Waals surface area contributed by atoms with Crippen molar-refractivity contribution in [3.05, 3.63) is 58.7 Å². The number of methoxy groups -OCH3 is 2. The molecule has 0 aliphatic heterocycles. The van der Waals surface area contributed by atoms with E-state index in [-0.39, 0.29) is 24.7 Å². The Morgan fingerprint density at radius 3 is 1.94 bits per heavy atom. The first-order chi connectivity index (χ1) is 15.3. The fraction of sp³-hybridized carbons (Fsp3) is 0.333. The molecule has 2 rings (SSSR count). The quantitative estimate of drug-likeness (QED) is 0.453. The third-order valence-electron chi connectivity index (χ3n) is 4.34. The van der Waals surface area contributed by atoms with E-state index in [0.717, 1.165) is 5.56 Å². The zero-order valence-electron chi connectivity index (χ0n) is 17.4. The Morgan fingerprint density at radius 2 is 1.42 bits per heavy atom. The molecule has 1 amide bonds. The summed E-state index contributed by atoms with van der Waals surface area (Å²) in [5.41, 5.74) is -3.52. The predicted octanol–water partition coefficient (Wildman–Crippen LogP) is 4.26. The summed E-state index contributed by atoms with van der Waals surface area (Å²) in [6.07, 6.45) is -9.86. The van der Waals surface area contributed by atoms with E-state index >= 15 is 0 Å². The molecular weight excluding hydrogens is 460 g/mol. The van der Waals surface area contributed by atoms with Crippen LogP contribution < -0.4 is 14.8 Å². The van der Waals surface area contributed by atoms with E-state index in [0.29, 0.717) is 17.9 Å². The van der Waals surface area contributed by atoms with Crippen LogP contribution in [0.2, 0.25) is 0 Å². The average Bonchev–Trinajstić information content (AvgIpc) is 2.75. The Kier molecular flexibility index (Phi) is 8.18. The molecule has 2 aromatic rings. The van der Waals surface area contributed by atoms with Gasteiger partial charge in [-0.05, 0) is 42.3 Å². The number of ether oxygens (including phenoxy) is 3. The zero-order valence-corrected chi connectivity index (χ0v) is 17.4. The summed E-state index contributed by atoms with van der Waals surface area (Å²) in [7, 11) is 2.93. The molecule has 0 bridgehead atoms. The van der Waals surface area contributed by atoms with E-state index in [1.807, 2.05) is 0 Å². The molecule has 0 spiro atoms. The summed E-state index contributed by atoms with van der Waals surface area (Å²) in [5, 5.41) is 2.43. The molecule has 6 nitrogen and oxygen atoms in total. The van der Waals surface area contributed by atoms with E-state index in [1.54, 1.807) is 18.2 Å². The number of hydrogen-bond donors (Lipinski definition) is 1. The van der Waals surface area contributed by atoms with Gasteiger partial charge in [-0.25, -0.2) is 4.79 Å². The number of amides is 1. The lowest BCUT2D eigenvalue weighted by Crippen LogP contribution is -2.30. The zero-order chi connectivity index (χ0) is 24.8. The first-order valence-electron chi connectivity index (χ1n) is 9.29. The SMILES string of the molecule is COc1ccc(CCNC(=O)COC(=O)c2cc(C(F)(F)F)cc(C(F)(F)F)c2)cc1OC. The van der Waals surface area contributed by atoms with Crippen molar-refractivity contribution >= 4 is 11.9 Å². The van der Waals surface area contributed by atoms with Gasteiger partial charge in [0, 0.05) is 6.54 Å². The van der Waals surface area contributed by atoms with Crippen LogP contribution in [0.5, 0.6) is 11.5 Å². The molecule has 0 aromatic heterocycles. The Bertz CT molecular complexity index is 971. The Hall–Kier alpha value is -3.44. The van der Waals surface area contributed by atoms with Crippen LogP contribution in [0.15, 0.2) is 36.4 Å². The summed E-state index contributed by atoms with van der Waals surface area (Å²) in [5.74, 6) is -1.29. The van der Waals surface area contributed by atoms with Gasteiger partial charge >= 0.3 is 18.3 Å². The highest BCUT2D eigenvalue weighted by Crippen LogP contribution is 2.36. The number of hydrogen-bond acceptors (Lipinski definition) is 5. The second kappa shape index (κ2) is 10.5. The maximum absolute atomic E-state index is 12.9. The monoisotopic (exact) mass is 479 g/mol. The summed E-state index contributed by atoms with van der Waals surface area (Å²) in [6, 6.07) is 5.44. The van der Waals surface area contributed by atoms with Crippen LogP contribution in [0.1, 0.15) is 27.0 Å². The van der Waals surface area contributed by atoms with Gasteiger partial charge in [0.25, 0.3) is 5.91 Å². The van der Waals surface area contributed by atoms with Crippen molar-refractivity contribution in [2.45, 2.75) is 18.8 Å². The molecule has 0 aliphatic carbocycles. The molecule has 0 heterocycles. The van der Waals surface area contributed by atoms with Crippen molar-refractivity contribution < 1.29 is 50.1 Å². The van der Waals surface area contributed by atoms with E-state index in [1.165, 1.54) is 14.2 Å². The lowest BCUT2D eigenvalue weighted by Gasteiger charge is -2.14. The molecule has 0 saturated carbocycles. The van der Waals surface area contributed by atoms with Crippen LogP contribution in [0.25, 0.3) is 0 Å². The largest absolute Gasteiger partial charge is 0.493 e. The molecule has 12 heteroatoms. The average molecular weight is 479 g/mol. The van der Waals surface area contributed by atoms with Crippen LogP contribution in [0.4, 0.5) is 26.3 Å². The van der Waals surface area contributed by atoms with E-state index in [2.05, 4.69) is 10.1 Å². The maximum Gasteiger partial charge on any atom is 0.416 e. The highest BCUT2D eigenvalue weighted by atomic mass is 19.4. The van der Waals surface area contributed by atoms with Crippen molar-refractivity contribution in [2.24, 2.45) is 0 Å². The van der Waals surface area contributed by atoms with Gasteiger partial charge in [-0.2, -0.15) is 26.3 Å². The number of nitrogens with one attached hydrogen (secondary N) is 1. The minimum Gasteiger partial charge on any atom is -0.493 e. The molecule has 0 saturated heterocycles. The molecular formula is C21H19F6NO5. The van der Waals surface area contributed by atoms with Gasteiger partial charge in [0.2, 0.25) is 0 Å². The van der Waals surface area contributed by atoms with Gasteiger partial charge < -0.3 is 19.5 Å². The van der Waals surface area contributed by atoms with Crippen LogP contribution in [-0.2, 0) is 28.3 Å². The molecule has 0 aliphatic rings. The normalized spacial score (nSPS) is 11.6. The Morgan fingerprint density at radius 1 is 0.848 bits per heavy atom. The standard InChI is InChI=1S/C21H19F6NO5/c1-31-16-4-3-12(7-17(16)32-2)5-6-28-18(29)11-33-19(30)13-8-14(20(22,23)24)10-15(9-13)21(25,26)27/h3-4,7-10H,5-6,11H2,1-2H3,(H,28,29). The molecule has 0 atom stereocenters. The Labute approximate surface area is 184 Å². The first-order valence-corrected chi connectivity index (χ1v) is 9.29. The molecule has 0 fully saturated rings. The van der Waals surface area contributed by atoms with E-state index < -0.39 is 47.5 Å². The van der Waals surface area contributed by atoms with Gasteiger partial charge in [0.05, 0.1) is 30.9 Å². The van der Waals surface area contributed by atoms with Gasteiger partial charge in [0.15, 0.2) is 18.1 Å². The fourth-order valence-electron chi connectivity index (χ4n) is 2.72. The molecule has 2 aromatic carbocycles. The maximum atomic E-state index is 12.9.